The van der Waals surface area contributed by atoms with Gasteiger partial charge in [0.25, 0.3) is 0 Å². The Morgan fingerprint density at radius 2 is 1.63 bits per heavy atom. The van der Waals surface area contributed by atoms with Crippen LogP contribution in [0.1, 0.15) is 5.56 Å². The van der Waals surface area contributed by atoms with E-state index in [9.17, 15) is 0 Å². The van der Waals surface area contributed by atoms with Crippen LogP contribution in [0.2, 0.25) is 0 Å². The van der Waals surface area contributed by atoms with Crippen molar-refractivity contribution in [1.82, 2.24) is 40.0 Å². The second kappa shape index (κ2) is 6.31. The van der Waals surface area contributed by atoms with Crippen LogP contribution >= 0.6 is 0 Å². The molecule has 0 unspecified atom stereocenters. The molecule has 0 spiro atoms. The summed E-state index contributed by atoms with van der Waals surface area (Å²) in [7, 11) is 0. The number of piperazine rings is 1. The Kier molecular flexibility index (Phi) is 3.66. The van der Waals surface area contributed by atoms with Crippen LogP contribution in [0.3, 0.4) is 0 Å². The fourth-order valence-corrected chi connectivity index (χ4v) is 3.26. The second-order valence-electron chi connectivity index (χ2n) is 6.53. The summed E-state index contributed by atoms with van der Waals surface area (Å²) in [6, 6.07) is 12.1. The van der Waals surface area contributed by atoms with E-state index >= 15 is 0 Å². The minimum absolute atomic E-state index is 0.745. The van der Waals surface area contributed by atoms with Gasteiger partial charge in [-0.2, -0.15) is 9.20 Å². The zero-order chi connectivity index (χ0) is 18.2. The van der Waals surface area contributed by atoms with Gasteiger partial charge in [0.05, 0.1) is 5.69 Å². The molecular weight excluding hydrogens is 344 g/mol. The van der Waals surface area contributed by atoms with Gasteiger partial charge in [-0.1, -0.05) is 22.8 Å². The molecule has 1 aromatic carbocycles. The van der Waals surface area contributed by atoms with Crippen molar-refractivity contribution in [3.05, 3.63) is 48.3 Å². The molecule has 1 aliphatic rings. The SMILES string of the molecule is Cc1ccc(-n2nnnc2N2CCN(c3ccc4nncn4n3)CC2)cc1. The average Bonchev–Trinajstić information content (AvgIpc) is 3.37. The molecule has 1 aliphatic heterocycles. The second-order valence-corrected chi connectivity index (χ2v) is 6.53. The highest BCUT2D eigenvalue weighted by Crippen LogP contribution is 2.20. The maximum Gasteiger partial charge on any atom is 0.250 e. The van der Waals surface area contributed by atoms with Gasteiger partial charge in [0.2, 0.25) is 5.95 Å². The predicted octanol–water partition coefficient (Wildman–Crippen LogP) is 0.735. The summed E-state index contributed by atoms with van der Waals surface area (Å²) in [6.45, 7) is 5.36. The summed E-state index contributed by atoms with van der Waals surface area (Å²) >= 11 is 0. The molecule has 1 fully saturated rings. The van der Waals surface area contributed by atoms with Crippen molar-refractivity contribution in [2.45, 2.75) is 6.92 Å². The Balaban J connectivity index is 1.33. The fourth-order valence-electron chi connectivity index (χ4n) is 3.26. The Morgan fingerprint density at radius 1 is 0.852 bits per heavy atom. The minimum atomic E-state index is 0.745. The molecule has 3 aromatic heterocycles. The van der Waals surface area contributed by atoms with Crippen LogP contribution in [0, 0.1) is 6.92 Å². The highest BCUT2D eigenvalue weighted by Gasteiger charge is 2.23. The third-order valence-corrected chi connectivity index (χ3v) is 4.77. The predicted molar refractivity (Wildman–Crippen MR) is 99.1 cm³/mol. The van der Waals surface area contributed by atoms with Gasteiger partial charge in [0, 0.05) is 26.2 Å². The molecule has 0 bridgehead atoms. The number of aromatic nitrogens is 8. The smallest absolute Gasteiger partial charge is 0.250 e. The molecule has 0 saturated carbocycles. The Hall–Kier alpha value is -3.56. The first-order chi connectivity index (χ1) is 13.3. The van der Waals surface area contributed by atoms with Gasteiger partial charge in [-0.25, -0.2) is 0 Å². The third-order valence-electron chi connectivity index (χ3n) is 4.77. The number of hydrogen-bond donors (Lipinski definition) is 0. The van der Waals surface area contributed by atoms with E-state index in [-0.39, 0.29) is 0 Å². The molecule has 10 nitrogen and oxygen atoms in total. The highest BCUT2D eigenvalue weighted by molar-refractivity contribution is 5.48. The van der Waals surface area contributed by atoms with Crippen LogP contribution in [-0.2, 0) is 0 Å². The number of hydrogen-bond acceptors (Lipinski definition) is 8. The van der Waals surface area contributed by atoms with Crippen LogP contribution in [0.5, 0.6) is 0 Å². The molecule has 0 atom stereocenters. The van der Waals surface area contributed by atoms with Gasteiger partial charge in [0.15, 0.2) is 5.65 Å². The lowest BCUT2D eigenvalue weighted by Crippen LogP contribution is -2.47. The van der Waals surface area contributed by atoms with Crippen molar-refractivity contribution in [1.29, 1.82) is 0 Å². The first kappa shape index (κ1) is 15.7. The average molecular weight is 362 g/mol. The molecule has 0 aliphatic carbocycles. The number of anilines is 2. The largest absolute Gasteiger partial charge is 0.352 e. The lowest BCUT2D eigenvalue weighted by molar-refractivity contribution is 0.622. The Labute approximate surface area is 155 Å². The van der Waals surface area contributed by atoms with Crippen molar-refractivity contribution < 1.29 is 0 Å². The summed E-state index contributed by atoms with van der Waals surface area (Å²) in [5.74, 6) is 1.68. The van der Waals surface area contributed by atoms with E-state index in [1.165, 1.54) is 5.56 Å². The van der Waals surface area contributed by atoms with Crippen LogP contribution in [0.25, 0.3) is 11.3 Å². The van der Waals surface area contributed by atoms with Gasteiger partial charge in [0.1, 0.15) is 12.1 Å². The maximum atomic E-state index is 4.57. The molecule has 10 heteroatoms. The lowest BCUT2D eigenvalue weighted by atomic mass is 10.2. The minimum Gasteiger partial charge on any atom is -0.352 e. The molecule has 5 rings (SSSR count). The summed E-state index contributed by atoms with van der Waals surface area (Å²) in [6.07, 6.45) is 1.62. The van der Waals surface area contributed by atoms with E-state index in [0.717, 1.165) is 49.3 Å². The number of nitrogens with zero attached hydrogens (tertiary/aromatic N) is 10. The summed E-state index contributed by atoms with van der Waals surface area (Å²) in [4.78, 5) is 4.45. The third kappa shape index (κ3) is 2.84. The van der Waals surface area contributed by atoms with Gasteiger partial charge in [-0.05, 0) is 41.6 Å². The quantitative estimate of drug-likeness (QED) is 0.527. The van der Waals surface area contributed by atoms with Crippen LogP contribution in [-0.4, -0.2) is 66.2 Å². The topological polar surface area (TPSA) is 93.2 Å². The highest BCUT2D eigenvalue weighted by atomic mass is 15.6. The van der Waals surface area contributed by atoms with E-state index < -0.39 is 0 Å². The molecular formula is C17H18N10. The van der Waals surface area contributed by atoms with Gasteiger partial charge < -0.3 is 9.80 Å². The van der Waals surface area contributed by atoms with E-state index in [4.69, 9.17) is 0 Å². The molecule has 1 saturated heterocycles. The molecule has 0 N–H and O–H groups in total. The summed E-state index contributed by atoms with van der Waals surface area (Å²) in [5, 5.41) is 24.7. The first-order valence-electron chi connectivity index (χ1n) is 8.80. The standard InChI is InChI=1S/C17H18N10/c1-13-2-4-14(5-3-13)27-17(20-22-23-27)25-10-8-24(9-11-25)16-7-6-15-19-18-12-26(15)21-16/h2-7,12H,8-11H2,1H3. The summed E-state index contributed by atoms with van der Waals surface area (Å²) < 4.78 is 3.48. The van der Waals surface area contributed by atoms with E-state index in [1.807, 2.05) is 24.3 Å². The van der Waals surface area contributed by atoms with Crippen LogP contribution in [0.15, 0.2) is 42.7 Å². The Bertz CT molecular complexity index is 1060. The number of benzene rings is 1. The van der Waals surface area contributed by atoms with Crippen molar-refractivity contribution in [3.63, 3.8) is 0 Å². The zero-order valence-corrected chi connectivity index (χ0v) is 14.8. The summed E-state index contributed by atoms with van der Waals surface area (Å²) in [5.41, 5.74) is 2.91. The first-order valence-corrected chi connectivity index (χ1v) is 8.80. The number of rotatable bonds is 3. The molecule has 0 amide bonds. The zero-order valence-electron chi connectivity index (χ0n) is 14.8. The molecule has 4 heterocycles. The van der Waals surface area contributed by atoms with E-state index in [2.05, 4.69) is 59.7 Å². The van der Waals surface area contributed by atoms with E-state index in [1.54, 1.807) is 15.5 Å². The van der Waals surface area contributed by atoms with Crippen LogP contribution < -0.4 is 9.80 Å². The number of fused-ring (bicyclic) bond motifs is 1. The number of aryl methyl sites for hydroxylation is 1. The normalized spacial score (nSPS) is 14.9. The van der Waals surface area contributed by atoms with Crippen molar-refractivity contribution in [2.24, 2.45) is 0 Å². The molecule has 136 valence electrons. The molecule has 4 aromatic rings. The van der Waals surface area contributed by atoms with E-state index in [0.29, 0.717) is 0 Å². The molecule has 27 heavy (non-hydrogen) atoms. The van der Waals surface area contributed by atoms with Crippen molar-refractivity contribution in [2.75, 3.05) is 36.0 Å². The van der Waals surface area contributed by atoms with Gasteiger partial charge >= 0.3 is 0 Å². The van der Waals surface area contributed by atoms with Crippen molar-refractivity contribution >= 4 is 17.4 Å². The maximum absolute atomic E-state index is 4.57. The van der Waals surface area contributed by atoms with Gasteiger partial charge in [-0.3, -0.25) is 0 Å². The van der Waals surface area contributed by atoms with Gasteiger partial charge in [-0.15, -0.1) is 15.3 Å². The fraction of sp³-hybridized carbons (Fsp3) is 0.294. The Morgan fingerprint density at radius 3 is 2.44 bits per heavy atom. The monoisotopic (exact) mass is 362 g/mol. The van der Waals surface area contributed by atoms with Crippen LogP contribution in [0.4, 0.5) is 11.8 Å². The molecule has 0 radical (unpaired) electrons. The lowest BCUT2D eigenvalue weighted by Gasteiger charge is -2.35. The number of tetrazole rings is 1. The van der Waals surface area contributed by atoms with Crippen molar-refractivity contribution in [3.8, 4) is 5.69 Å².